The summed E-state index contributed by atoms with van der Waals surface area (Å²) >= 11 is 3.18. The van der Waals surface area contributed by atoms with Gasteiger partial charge in [-0.25, -0.2) is 13.5 Å². The number of rotatable bonds is 5. The van der Waals surface area contributed by atoms with Crippen LogP contribution in [-0.4, -0.2) is 25.3 Å². The second kappa shape index (κ2) is 7.51. The third-order valence-electron chi connectivity index (χ3n) is 4.24. The highest BCUT2D eigenvalue weighted by atomic mass is 79.9. The fraction of sp³-hybridized carbons (Fsp3) is 0.222. The molecule has 0 saturated heterocycles. The Morgan fingerprint density at radius 2 is 2.00 bits per heavy atom. The Hall–Kier alpha value is -2.68. The fourth-order valence-electron chi connectivity index (χ4n) is 2.67. The summed E-state index contributed by atoms with van der Waals surface area (Å²) in [5.74, 6) is -1.69. The van der Waals surface area contributed by atoms with Crippen LogP contribution in [0, 0.1) is 18.6 Å². The molecule has 0 aliphatic rings. The van der Waals surface area contributed by atoms with Gasteiger partial charge in [0, 0.05) is 23.4 Å². The molecule has 0 spiro atoms. The number of carbonyl (C=O) groups excluding carboxylic acids is 1. The molecule has 1 atom stereocenters. The minimum absolute atomic E-state index is 0.0503. The molecule has 3 rings (SSSR count). The number of hydrogen-bond acceptors (Lipinski definition) is 4. The predicted molar refractivity (Wildman–Crippen MR) is 97.7 cm³/mol. The van der Waals surface area contributed by atoms with Crippen molar-refractivity contribution in [2.24, 2.45) is 0 Å². The molecule has 0 N–H and O–H groups in total. The zero-order chi connectivity index (χ0) is 19.7. The molecule has 0 radical (unpaired) electrons. The highest BCUT2D eigenvalue weighted by molar-refractivity contribution is 9.10. The van der Waals surface area contributed by atoms with Gasteiger partial charge in [0.15, 0.2) is 5.78 Å². The Morgan fingerprint density at radius 3 is 2.70 bits per heavy atom. The molecule has 1 unspecified atom stereocenters. The van der Waals surface area contributed by atoms with Crippen LogP contribution in [-0.2, 0) is 6.54 Å². The van der Waals surface area contributed by atoms with Crippen LogP contribution in [0.1, 0.15) is 34.6 Å². The zero-order valence-electron chi connectivity index (χ0n) is 14.5. The molecule has 2 heterocycles. The summed E-state index contributed by atoms with van der Waals surface area (Å²) in [7, 11) is 0. The van der Waals surface area contributed by atoms with Gasteiger partial charge in [0.1, 0.15) is 22.3 Å². The summed E-state index contributed by atoms with van der Waals surface area (Å²) in [5, 5.41) is 8.16. The Morgan fingerprint density at radius 1 is 1.26 bits per heavy atom. The van der Waals surface area contributed by atoms with E-state index >= 15 is 0 Å². The van der Waals surface area contributed by atoms with E-state index in [0.29, 0.717) is 15.9 Å². The number of hydrogen-bond donors (Lipinski definition) is 0. The SMILES string of the molecule is Cc1c(C(=O)C(C)n2nc(Br)ccc2=O)cnn1Cc1ccc(F)cc1F. The zero-order valence-corrected chi connectivity index (χ0v) is 16.1. The van der Waals surface area contributed by atoms with Crippen LogP contribution in [0.2, 0.25) is 0 Å². The molecule has 1 aromatic carbocycles. The highest BCUT2D eigenvalue weighted by Crippen LogP contribution is 2.18. The molecule has 0 saturated carbocycles. The van der Waals surface area contributed by atoms with E-state index in [0.717, 1.165) is 16.8 Å². The van der Waals surface area contributed by atoms with Gasteiger partial charge in [-0.05, 0) is 41.9 Å². The Labute approximate surface area is 161 Å². The van der Waals surface area contributed by atoms with Crippen LogP contribution in [0.25, 0.3) is 0 Å². The summed E-state index contributed by atoms with van der Waals surface area (Å²) in [4.78, 5) is 24.8. The molecule has 9 heteroatoms. The van der Waals surface area contributed by atoms with Crippen molar-refractivity contribution in [3.05, 3.63) is 79.9 Å². The molecular weight excluding hydrogens is 422 g/mol. The van der Waals surface area contributed by atoms with Crippen molar-refractivity contribution in [2.75, 3.05) is 0 Å². The lowest BCUT2D eigenvalue weighted by atomic mass is 10.1. The van der Waals surface area contributed by atoms with E-state index in [4.69, 9.17) is 0 Å². The first-order valence-electron chi connectivity index (χ1n) is 8.04. The molecule has 2 aromatic heterocycles. The standard InChI is InChI=1S/C18H15BrF2N4O2/c1-10-14(18(27)11(2)25-17(26)6-5-16(19)23-25)8-22-24(10)9-12-3-4-13(20)7-15(12)21/h3-8,11H,9H2,1-2H3. The summed E-state index contributed by atoms with van der Waals surface area (Å²) in [5.41, 5.74) is 0.661. The lowest BCUT2D eigenvalue weighted by molar-refractivity contribution is 0.0924. The van der Waals surface area contributed by atoms with Gasteiger partial charge in [-0.3, -0.25) is 14.3 Å². The largest absolute Gasteiger partial charge is 0.292 e. The van der Waals surface area contributed by atoms with E-state index in [1.54, 1.807) is 13.8 Å². The molecule has 27 heavy (non-hydrogen) atoms. The molecule has 0 fully saturated rings. The van der Waals surface area contributed by atoms with Crippen molar-refractivity contribution >= 4 is 21.7 Å². The van der Waals surface area contributed by atoms with Gasteiger partial charge in [-0.15, -0.1) is 0 Å². The second-order valence-corrected chi connectivity index (χ2v) is 6.83. The topological polar surface area (TPSA) is 69.8 Å². The monoisotopic (exact) mass is 436 g/mol. The van der Waals surface area contributed by atoms with Crippen molar-refractivity contribution < 1.29 is 13.6 Å². The van der Waals surface area contributed by atoms with Crippen molar-refractivity contribution in [1.29, 1.82) is 0 Å². The van der Waals surface area contributed by atoms with E-state index in [1.165, 1.54) is 29.1 Å². The van der Waals surface area contributed by atoms with Gasteiger partial charge in [0.2, 0.25) is 0 Å². The second-order valence-electron chi connectivity index (χ2n) is 6.02. The van der Waals surface area contributed by atoms with Crippen molar-refractivity contribution in [2.45, 2.75) is 26.4 Å². The van der Waals surface area contributed by atoms with E-state index in [9.17, 15) is 18.4 Å². The first-order chi connectivity index (χ1) is 12.8. The maximum atomic E-state index is 13.9. The van der Waals surface area contributed by atoms with Crippen LogP contribution in [0.5, 0.6) is 0 Å². The Kier molecular flexibility index (Phi) is 5.31. The summed E-state index contributed by atoms with van der Waals surface area (Å²) in [6, 6.07) is 5.27. The van der Waals surface area contributed by atoms with Crippen LogP contribution >= 0.6 is 15.9 Å². The summed E-state index contributed by atoms with van der Waals surface area (Å²) < 4.78 is 29.9. The Balaban J connectivity index is 1.89. The fourth-order valence-corrected chi connectivity index (χ4v) is 2.98. The number of carbonyl (C=O) groups is 1. The van der Waals surface area contributed by atoms with Crippen LogP contribution in [0.3, 0.4) is 0 Å². The van der Waals surface area contributed by atoms with E-state index in [-0.39, 0.29) is 17.9 Å². The third kappa shape index (κ3) is 3.87. The average Bonchev–Trinajstić information content (AvgIpc) is 2.99. The minimum Gasteiger partial charge on any atom is -0.292 e. The summed E-state index contributed by atoms with van der Waals surface area (Å²) in [6.07, 6.45) is 1.37. The maximum absolute atomic E-state index is 13.9. The van der Waals surface area contributed by atoms with E-state index < -0.39 is 23.2 Å². The van der Waals surface area contributed by atoms with Crippen molar-refractivity contribution in [1.82, 2.24) is 19.6 Å². The maximum Gasteiger partial charge on any atom is 0.267 e. The smallest absolute Gasteiger partial charge is 0.267 e. The van der Waals surface area contributed by atoms with E-state index in [1.807, 2.05) is 0 Å². The third-order valence-corrected chi connectivity index (χ3v) is 4.67. The van der Waals surface area contributed by atoms with Gasteiger partial charge in [-0.1, -0.05) is 6.07 Å². The van der Waals surface area contributed by atoms with Gasteiger partial charge >= 0.3 is 0 Å². The van der Waals surface area contributed by atoms with Crippen LogP contribution in [0.15, 0.2) is 45.9 Å². The summed E-state index contributed by atoms with van der Waals surface area (Å²) in [6.45, 7) is 3.29. The van der Waals surface area contributed by atoms with E-state index in [2.05, 4.69) is 26.1 Å². The number of nitrogens with zero attached hydrogens (tertiary/aromatic N) is 4. The number of ketones is 1. The molecular formula is C18H15BrF2N4O2. The molecule has 0 aliphatic carbocycles. The number of Topliss-reactive ketones (excluding diaryl/α,β-unsaturated/α-hetero) is 1. The normalized spacial score (nSPS) is 12.2. The van der Waals surface area contributed by atoms with Gasteiger partial charge in [-0.2, -0.15) is 10.2 Å². The van der Waals surface area contributed by atoms with Crippen molar-refractivity contribution in [3.8, 4) is 0 Å². The molecule has 0 aliphatic heterocycles. The quantitative estimate of drug-likeness (QED) is 0.575. The lowest BCUT2D eigenvalue weighted by Crippen LogP contribution is -2.30. The molecule has 6 nitrogen and oxygen atoms in total. The van der Waals surface area contributed by atoms with Crippen LogP contribution in [0.4, 0.5) is 8.78 Å². The molecule has 0 amide bonds. The van der Waals surface area contributed by atoms with Gasteiger partial charge in [0.05, 0.1) is 18.3 Å². The first kappa shape index (κ1) is 19.1. The first-order valence-corrected chi connectivity index (χ1v) is 8.83. The van der Waals surface area contributed by atoms with Crippen molar-refractivity contribution in [3.63, 3.8) is 0 Å². The highest BCUT2D eigenvalue weighted by Gasteiger charge is 2.23. The minimum atomic E-state index is -0.839. The average molecular weight is 437 g/mol. The number of halogens is 3. The number of aromatic nitrogens is 4. The number of benzene rings is 1. The predicted octanol–water partition coefficient (Wildman–Crippen LogP) is 3.28. The lowest BCUT2D eigenvalue weighted by Gasteiger charge is -2.13. The Bertz CT molecular complexity index is 1080. The van der Waals surface area contributed by atoms with Gasteiger partial charge < -0.3 is 0 Å². The molecule has 140 valence electrons. The van der Waals surface area contributed by atoms with Crippen LogP contribution < -0.4 is 5.56 Å². The molecule has 3 aromatic rings. The van der Waals surface area contributed by atoms with Gasteiger partial charge in [0.25, 0.3) is 5.56 Å². The molecule has 0 bridgehead atoms.